The molecule has 0 aliphatic carbocycles. The van der Waals surface area contributed by atoms with Gasteiger partial charge in [-0.2, -0.15) is 0 Å². The number of sulfonamides is 1. The van der Waals surface area contributed by atoms with E-state index in [1.54, 1.807) is 46.3 Å². The van der Waals surface area contributed by atoms with Gasteiger partial charge in [0.1, 0.15) is 11.5 Å². The van der Waals surface area contributed by atoms with E-state index in [9.17, 15) is 8.42 Å². The Labute approximate surface area is 115 Å². The van der Waals surface area contributed by atoms with Crippen LogP contribution in [0.25, 0.3) is 0 Å². The second-order valence-corrected chi connectivity index (χ2v) is 5.60. The molecule has 7 heteroatoms. The van der Waals surface area contributed by atoms with Gasteiger partial charge in [-0.3, -0.25) is 0 Å². The van der Waals surface area contributed by atoms with E-state index < -0.39 is 10.0 Å². The molecule has 0 aliphatic heterocycles. The van der Waals surface area contributed by atoms with Gasteiger partial charge in [0.05, 0.1) is 25.7 Å². The maximum Gasteiger partial charge on any atom is 0.211 e. The maximum absolute atomic E-state index is 10.5. The van der Waals surface area contributed by atoms with Crippen molar-refractivity contribution in [2.45, 2.75) is 13.8 Å². The fraction of sp³-hybridized carbons (Fsp3) is 0.500. The highest BCUT2D eigenvalue weighted by molar-refractivity contribution is 7.89. The Kier molecular flexibility index (Phi) is 7.94. The van der Waals surface area contributed by atoms with Gasteiger partial charge in [0.15, 0.2) is 0 Å². The Morgan fingerprint density at radius 1 is 1.21 bits per heavy atom. The Morgan fingerprint density at radius 2 is 1.84 bits per heavy atom. The maximum atomic E-state index is 10.5. The molecule has 6 nitrogen and oxygen atoms in total. The number of ether oxygens (including phenoxy) is 2. The van der Waals surface area contributed by atoms with Crippen molar-refractivity contribution >= 4 is 15.7 Å². The van der Waals surface area contributed by atoms with Crippen molar-refractivity contribution < 1.29 is 17.9 Å². The van der Waals surface area contributed by atoms with Crippen molar-refractivity contribution in [3.63, 3.8) is 0 Å². The number of nitrogens with two attached hydrogens (primary N) is 1. The Hall–Kier alpha value is -1.47. The summed E-state index contributed by atoms with van der Waals surface area (Å²) in [7, 11) is 0.257. The van der Waals surface area contributed by atoms with Crippen molar-refractivity contribution in [3.8, 4) is 11.5 Å². The lowest BCUT2D eigenvalue weighted by atomic mass is 10.3. The van der Waals surface area contributed by atoms with Crippen LogP contribution in [0.4, 0.5) is 5.69 Å². The van der Waals surface area contributed by atoms with Crippen molar-refractivity contribution in [2.75, 3.05) is 32.3 Å². The van der Waals surface area contributed by atoms with Crippen LogP contribution >= 0.6 is 0 Å². The molecule has 0 aliphatic rings. The zero-order valence-electron chi connectivity index (χ0n) is 11.8. The first kappa shape index (κ1) is 17.5. The third-order valence-corrected chi connectivity index (χ3v) is 3.67. The number of anilines is 1. The van der Waals surface area contributed by atoms with Crippen LogP contribution in [0.5, 0.6) is 11.5 Å². The summed E-state index contributed by atoms with van der Waals surface area (Å²) in [6.45, 7) is 3.85. The Bertz CT molecular complexity index is 475. The number of nitrogen functional groups attached to an aromatic ring is 1. The highest BCUT2D eigenvalue weighted by atomic mass is 32.2. The standard InChI is InChI=1S/C8H11NO2.C4H11NO2S/c1-10-6-3-4-7(9)8(5-6)11-2;1-3-5-8(6,7)4-2/h3-5H,9H2,1-2H3;5H,3-4H2,1-2H3. The SMILES string of the molecule is CCNS(=O)(=O)CC.COc1ccc(N)c(OC)c1. The largest absolute Gasteiger partial charge is 0.497 e. The summed E-state index contributed by atoms with van der Waals surface area (Å²) in [4.78, 5) is 0. The zero-order valence-corrected chi connectivity index (χ0v) is 12.6. The van der Waals surface area contributed by atoms with Gasteiger partial charge in [-0.05, 0) is 19.1 Å². The molecule has 0 amide bonds. The molecule has 0 atom stereocenters. The van der Waals surface area contributed by atoms with E-state index >= 15 is 0 Å². The molecule has 0 radical (unpaired) electrons. The Balaban J connectivity index is 0.000000362. The van der Waals surface area contributed by atoms with E-state index in [2.05, 4.69) is 4.72 Å². The first-order valence-electron chi connectivity index (χ1n) is 5.85. The first-order valence-corrected chi connectivity index (χ1v) is 7.50. The topological polar surface area (TPSA) is 90.7 Å². The molecular weight excluding hydrogens is 268 g/mol. The van der Waals surface area contributed by atoms with E-state index in [-0.39, 0.29) is 5.75 Å². The molecule has 0 unspecified atom stereocenters. The minimum atomic E-state index is -2.92. The summed E-state index contributed by atoms with van der Waals surface area (Å²) in [6.07, 6.45) is 0. The average molecular weight is 290 g/mol. The van der Waals surface area contributed by atoms with Gasteiger partial charge in [0.25, 0.3) is 0 Å². The average Bonchev–Trinajstić information content (AvgIpc) is 2.40. The van der Waals surface area contributed by atoms with Crippen LogP contribution in [-0.4, -0.2) is 34.9 Å². The van der Waals surface area contributed by atoms with Crippen LogP contribution < -0.4 is 19.9 Å². The lowest BCUT2D eigenvalue weighted by Gasteiger charge is -2.05. The third-order valence-electron chi connectivity index (χ3n) is 2.18. The molecule has 0 spiro atoms. The van der Waals surface area contributed by atoms with E-state index in [0.717, 1.165) is 5.75 Å². The predicted molar refractivity (Wildman–Crippen MR) is 77.1 cm³/mol. The summed E-state index contributed by atoms with van der Waals surface area (Å²) in [5.41, 5.74) is 6.19. The number of methoxy groups -OCH3 is 2. The lowest BCUT2D eigenvalue weighted by Crippen LogP contribution is -2.24. The highest BCUT2D eigenvalue weighted by Crippen LogP contribution is 2.25. The van der Waals surface area contributed by atoms with Gasteiger partial charge in [-0.15, -0.1) is 0 Å². The lowest BCUT2D eigenvalue weighted by molar-refractivity contribution is 0.395. The molecule has 0 bridgehead atoms. The van der Waals surface area contributed by atoms with Crippen LogP contribution in [0.1, 0.15) is 13.8 Å². The van der Waals surface area contributed by atoms with Gasteiger partial charge in [0, 0.05) is 12.6 Å². The van der Waals surface area contributed by atoms with Crippen LogP contribution in [-0.2, 0) is 10.0 Å². The van der Waals surface area contributed by atoms with Crippen LogP contribution in [0.15, 0.2) is 18.2 Å². The third kappa shape index (κ3) is 6.88. The van der Waals surface area contributed by atoms with Gasteiger partial charge in [-0.1, -0.05) is 6.92 Å². The quantitative estimate of drug-likeness (QED) is 0.796. The predicted octanol–water partition coefficient (Wildman–Crippen LogP) is 1.23. The van der Waals surface area contributed by atoms with Crippen molar-refractivity contribution in [3.05, 3.63) is 18.2 Å². The van der Waals surface area contributed by atoms with Gasteiger partial charge in [0.2, 0.25) is 10.0 Å². The van der Waals surface area contributed by atoms with Crippen molar-refractivity contribution in [1.82, 2.24) is 4.72 Å². The minimum absolute atomic E-state index is 0.167. The minimum Gasteiger partial charge on any atom is -0.497 e. The van der Waals surface area contributed by atoms with Gasteiger partial charge in [-0.25, -0.2) is 13.1 Å². The first-order chi connectivity index (χ1) is 8.90. The summed E-state index contributed by atoms with van der Waals surface area (Å²) in [5.74, 6) is 1.56. The Morgan fingerprint density at radius 3 is 2.21 bits per heavy atom. The second kappa shape index (κ2) is 8.60. The highest BCUT2D eigenvalue weighted by Gasteiger charge is 2.01. The van der Waals surface area contributed by atoms with Gasteiger partial charge < -0.3 is 15.2 Å². The van der Waals surface area contributed by atoms with Crippen LogP contribution in [0, 0.1) is 0 Å². The number of hydrogen-bond acceptors (Lipinski definition) is 5. The summed E-state index contributed by atoms with van der Waals surface area (Å²) >= 11 is 0. The van der Waals surface area contributed by atoms with Crippen LogP contribution in [0.2, 0.25) is 0 Å². The number of nitrogens with one attached hydrogen (secondary N) is 1. The molecular formula is C12H22N2O4S. The molecule has 1 rings (SSSR count). The molecule has 3 N–H and O–H groups in total. The molecule has 1 aromatic carbocycles. The van der Waals surface area contributed by atoms with E-state index in [1.807, 2.05) is 0 Å². The number of rotatable bonds is 5. The number of hydrogen-bond donors (Lipinski definition) is 2. The summed E-state index contributed by atoms with van der Waals surface area (Å²) < 4.78 is 33.3. The van der Waals surface area contributed by atoms with Gasteiger partial charge >= 0.3 is 0 Å². The fourth-order valence-corrected chi connectivity index (χ4v) is 1.78. The smallest absolute Gasteiger partial charge is 0.211 e. The fourth-order valence-electron chi connectivity index (χ4n) is 1.14. The molecule has 0 saturated heterocycles. The molecule has 19 heavy (non-hydrogen) atoms. The number of benzene rings is 1. The van der Waals surface area contributed by atoms with Crippen LogP contribution in [0.3, 0.4) is 0 Å². The normalized spacial score (nSPS) is 10.3. The van der Waals surface area contributed by atoms with Crippen molar-refractivity contribution in [1.29, 1.82) is 0 Å². The molecule has 1 aromatic rings. The van der Waals surface area contributed by atoms with E-state index in [1.165, 1.54) is 0 Å². The molecule has 0 saturated carbocycles. The zero-order chi connectivity index (χ0) is 14.9. The van der Waals surface area contributed by atoms with Crippen molar-refractivity contribution in [2.24, 2.45) is 0 Å². The monoisotopic (exact) mass is 290 g/mol. The molecule has 110 valence electrons. The van der Waals surface area contributed by atoms with E-state index in [4.69, 9.17) is 15.2 Å². The summed E-state index contributed by atoms with van der Waals surface area (Å²) in [5, 5.41) is 0. The summed E-state index contributed by atoms with van der Waals surface area (Å²) in [6, 6.07) is 5.28. The molecule has 0 aromatic heterocycles. The van der Waals surface area contributed by atoms with E-state index in [0.29, 0.717) is 18.0 Å². The second-order valence-electron chi connectivity index (χ2n) is 3.51. The molecule has 0 heterocycles. The molecule has 0 fully saturated rings.